The highest BCUT2D eigenvalue weighted by molar-refractivity contribution is 6.58. The molecular weight excluding hydrogens is 958 g/mol. The fraction of sp³-hybridized carbons (Fsp3) is 0.197. The van der Waals surface area contributed by atoms with Crippen LogP contribution >= 0.6 is 0 Å². The Hall–Kier alpha value is -7.72. The van der Waals surface area contributed by atoms with Crippen LogP contribution in [0.25, 0.3) is 46.6 Å². The number of hydrogen-bond acceptors (Lipinski definition) is 8. The lowest BCUT2D eigenvalue weighted by atomic mass is 9.80. The van der Waals surface area contributed by atoms with Crippen molar-refractivity contribution in [3.63, 3.8) is 0 Å². The van der Waals surface area contributed by atoms with Crippen molar-refractivity contribution in [3.05, 3.63) is 219 Å². The van der Waals surface area contributed by atoms with Crippen LogP contribution < -0.4 is 11.2 Å². The molecule has 75 heavy (non-hydrogen) atoms. The Labute approximate surface area is 436 Å². The molecule has 0 saturated heterocycles. The third-order valence-electron chi connectivity index (χ3n) is 12.5. The van der Waals surface area contributed by atoms with Gasteiger partial charge in [-0.15, -0.1) is 0 Å². The third-order valence-corrected chi connectivity index (χ3v) is 12.5. The van der Waals surface area contributed by atoms with E-state index < -0.39 is 36.6 Å². The lowest BCUT2D eigenvalue weighted by Gasteiger charge is -2.21. The molecule has 7 aromatic carbocycles. The van der Waals surface area contributed by atoms with Gasteiger partial charge in [-0.1, -0.05) is 127 Å². The number of aliphatic carboxylic acids is 2. The fourth-order valence-electron chi connectivity index (χ4n) is 7.22. The standard InChI is InChI=1S/C28H29FO3.C23H19FO.C6H6BFO2.C4H9NO3/c1-19-7-8-21(15-16-28(3,18-30)27(31)32)17-24(19)10-9-22-5-4-6-26(20(22)2)23-11-13-25(29)14-12-23;1-16-6-7-18(15-25)14-21(16)9-8-19-4-3-5-23(17(19)2)20-10-12-22(24)13-11-20;8-6-3-1-5(2-4-6)7(9)10;1-4(5,2-6)3(7)8/h4-14,17,30H,15-16,18H2,1-3H3,(H,31,32);3-15H,1-2H3;1-4,9-10H;6H,2,5H2,1H3,(H,7,8)/b10-9+;9-8+;;. The Morgan fingerprint density at radius 1 is 0.560 bits per heavy atom. The largest absolute Gasteiger partial charge is 0.488 e. The maximum Gasteiger partial charge on any atom is 0.488 e. The van der Waals surface area contributed by atoms with E-state index in [1.54, 1.807) is 31.2 Å². The molecule has 0 radical (unpaired) electrons. The molecule has 0 aromatic heterocycles. The summed E-state index contributed by atoms with van der Waals surface area (Å²) in [6, 6.07) is 42.0. The second-order valence-electron chi connectivity index (χ2n) is 18.5. The Balaban J connectivity index is 0.000000248. The second kappa shape index (κ2) is 28.1. The molecule has 0 aliphatic rings. The maximum atomic E-state index is 13.3. The lowest BCUT2D eigenvalue weighted by molar-refractivity contribution is -0.150. The normalized spacial score (nSPS) is 12.5. The number of aryl methyl sites for hydroxylation is 3. The number of carboxylic acids is 2. The highest BCUT2D eigenvalue weighted by atomic mass is 19.1. The Kier molecular flexibility index (Phi) is 22.4. The monoisotopic (exact) mass is 1020 g/mol. The first-order valence-corrected chi connectivity index (χ1v) is 23.8. The van der Waals surface area contributed by atoms with Gasteiger partial charge in [0.1, 0.15) is 29.3 Å². The summed E-state index contributed by atoms with van der Waals surface area (Å²) in [6.45, 7) is 10.1. The molecule has 14 heteroatoms. The van der Waals surface area contributed by atoms with Gasteiger partial charge in [0.2, 0.25) is 0 Å². The van der Waals surface area contributed by atoms with E-state index >= 15 is 0 Å². The van der Waals surface area contributed by atoms with Crippen molar-refractivity contribution in [1.29, 1.82) is 0 Å². The summed E-state index contributed by atoms with van der Waals surface area (Å²) in [7, 11) is -1.51. The summed E-state index contributed by atoms with van der Waals surface area (Å²) in [5.41, 5.74) is 17.3. The summed E-state index contributed by atoms with van der Waals surface area (Å²) >= 11 is 0. The third kappa shape index (κ3) is 17.7. The SMILES string of the molecule is CC(N)(CO)C(=O)O.Cc1ccc(C=O)cc1/C=C/c1cccc(-c2ccc(F)cc2)c1C.Cc1ccc(CCC(C)(CO)C(=O)O)cc1/C=C/c1cccc(-c2ccc(F)cc2)c1C.OB(O)c1ccc(F)cc1. The van der Waals surface area contributed by atoms with Crippen molar-refractivity contribution in [2.75, 3.05) is 13.2 Å². The molecule has 390 valence electrons. The molecule has 2 unspecified atom stereocenters. The molecule has 7 rings (SSSR count). The van der Waals surface area contributed by atoms with Crippen LogP contribution in [0.1, 0.15) is 80.7 Å². The van der Waals surface area contributed by atoms with Crippen molar-refractivity contribution < 1.29 is 58.0 Å². The molecular formula is C61H63BF3NO9. The average molecular weight is 1020 g/mol. The van der Waals surface area contributed by atoms with Crippen LogP contribution in [0.2, 0.25) is 0 Å². The Bertz CT molecular complexity index is 3080. The van der Waals surface area contributed by atoms with Crippen LogP contribution in [0.4, 0.5) is 13.2 Å². The number of rotatable bonds is 15. The van der Waals surface area contributed by atoms with Crippen LogP contribution in [0.5, 0.6) is 0 Å². The first kappa shape index (κ1) is 59.8. The number of carbonyl (C=O) groups excluding carboxylic acids is 1. The zero-order chi connectivity index (χ0) is 55.5. The number of carbonyl (C=O) groups is 3. The lowest BCUT2D eigenvalue weighted by Crippen LogP contribution is -2.48. The first-order chi connectivity index (χ1) is 35.5. The predicted octanol–water partition coefficient (Wildman–Crippen LogP) is 10.7. The molecule has 0 saturated carbocycles. The molecule has 0 amide bonds. The van der Waals surface area contributed by atoms with E-state index in [9.17, 15) is 37.8 Å². The number of carboxylic acid groups (broad SMARTS) is 2. The van der Waals surface area contributed by atoms with Gasteiger partial charge in [-0.3, -0.25) is 14.4 Å². The van der Waals surface area contributed by atoms with E-state index in [2.05, 4.69) is 50.3 Å². The number of aliphatic hydroxyl groups excluding tert-OH is 2. The molecule has 10 nitrogen and oxygen atoms in total. The van der Waals surface area contributed by atoms with Gasteiger partial charge in [-0.2, -0.15) is 0 Å². The predicted molar refractivity (Wildman–Crippen MR) is 293 cm³/mol. The summed E-state index contributed by atoms with van der Waals surface area (Å²) in [4.78, 5) is 32.4. The minimum absolute atomic E-state index is 0.233. The van der Waals surface area contributed by atoms with E-state index in [1.165, 1.54) is 55.5 Å². The average Bonchev–Trinajstić information content (AvgIpc) is 3.39. The fourth-order valence-corrected chi connectivity index (χ4v) is 7.22. The van der Waals surface area contributed by atoms with Gasteiger partial charge in [0.15, 0.2) is 0 Å². The van der Waals surface area contributed by atoms with Crippen molar-refractivity contribution in [2.24, 2.45) is 11.1 Å². The number of aldehydes is 1. The van der Waals surface area contributed by atoms with Gasteiger partial charge >= 0.3 is 19.1 Å². The maximum absolute atomic E-state index is 13.3. The van der Waals surface area contributed by atoms with Gasteiger partial charge in [0, 0.05) is 5.56 Å². The van der Waals surface area contributed by atoms with Gasteiger partial charge in [-0.25, -0.2) is 13.2 Å². The molecule has 2 atom stereocenters. The van der Waals surface area contributed by atoms with E-state index in [-0.39, 0.29) is 24.1 Å². The molecule has 7 aromatic rings. The van der Waals surface area contributed by atoms with Crippen LogP contribution in [-0.2, 0) is 16.0 Å². The Morgan fingerprint density at radius 3 is 1.37 bits per heavy atom. The Morgan fingerprint density at radius 2 is 0.987 bits per heavy atom. The number of aliphatic hydroxyl groups is 2. The zero-order valence-electron chi connectivity index (χ0n) is 42.8. The van der Waals surface area contributed by atoms with Crippen molar-refractivity contribution >= 4 is 55.1 Å². The van der Waals surface area contributed by atoms with E-state index in [0.29, 0.717) is 23.9 Å². The van der Waals surface area contributed by atoms with Crippen LogP contribution in [0.3, 0.4) is 0 Å². The number of nitrogens with two attached hydrogens (primary N) is 1. The highest BCUT2D eigenvalue weighted by Gasteiger charge is 2.32. The molecule has 0 bridgehead atoms. The van der Waals surface area contributed by atoms with Crippen molar-refractivity contribution in [3.8, 4) is 22.3 Å². The van der Waals surface area contributed by atoms with E-state index in [0.717, 1.165) is 78.6 Å². The number of hydrogen-bond donors (Lipinski definition) is 7. The van der Waals surface area contributed by atoms with Crippen LogP contribution in [0, 0.1) is 50.6 Å². The molecule has 8 N–H and O–H groups in total. The molecule has 0 spiro atoms. The highest BCUT2D eigenvalue weighted by Crippen LogP contribution is 2.30. The summed E-state index contributed by atoms with van der Waals surface area (Å²) in [5.74, 6) is -3.04. The van der Waals surface area contributed by atoms with Crippen LogP contribution in [-0.4, -0.2) is 74.6 Å². The molecule has 0 heterocycles. The second-order valence-corrected chi connectivity index (χ2v) is 18.5. The van der Waals surface area contributed by atoms with Gasteiger partial charge < -0.3 is 36.2 Å². The van der Waals surface area contributed by atoms with E-state index in [1.807, 2.05) is 74.5 Å². The molecule has 0 fully saturated rings. The van der Waals surface area contributed by atoms with Crippen molar-refractivity contribution in [2.45, 2.75) is 59.9 Å². The topological polar surface area (TPSA) is 199 Å². The number of benzene rings is 7. The van der Waals surface area contributed by atoms with E-state index in [4.69, 9.17) is 26.0 Å². The van der Waals surface area contributed by atoms with Crippen LogP contribution in [0.15, 0.2) is 146 Å². The van der Waals surface area contributed by atoms with Gasteiger partial charge in [0.05, 0.1) is 18.6 Å². The quantitative estimate of drug-likeness (QED) is 0.0295. The summed E-state index contributed by atoms with van der Waals surface area (Å²) in [5, 5.41) is 52.4. The summed E-state index contributed by atoms with van der Waals surface area (Å²) in [6.07, 6.45) is 10.0. The molecule has 0 aliphatic heterocycles. The van der Waals surface area contributed by atoms with Gasteiger partial charge in [0.25, 0.3) is 0 Å². The molecule has 0 aliphatic carbocycles. The summed E-state index contributed by atoms with van der Waals surface area (Å²) < 4.78 is 38.6. The zero-order valence-corrected chi connectivity index (χ0v) is 42.8. The van der Waals surface area contributed by atoms with Gasteiger partial charge in [-0.05, 0) is 175 Å². The van der Waals surface area contributed by atoms with Crippen molar-refractivity contribution in [1.82, 2.24) is 0 Å². The minimum Gasteiger partial charge on any atom is -0.481 e. The smallest absolute Gasteiger partial charge is 0.481 e. The minimum atomic E-state index is -1.51. The first-order valence-electron chi connectivity index (χ1n) is 23.8. The number of halogens is 3.